The summed E-state index contributed by atoms with van der Waals surface area (Å²) >= 11 is 1.51. The zero-order valence-corrected chi connectivity index (χ0v) is 18.0. The van der Waals surface area contributed by atoms with Crippen molar-refractivity contribution in [3.05, 3.63) is 24.5 Å². The van der Waals surface area contributed by atoms with Gasteiger partial charge in [0.15, 0.2) is 11.0 Å². The molecule has 29 heavy (non-hydrogen) atoms. The number of nitrogens with one attached hydrogen (secondary N) is 1. The molecule has 0 aromatic carbocycles. The lowest BCUT2D eigenvalue weighted by molar-refractivity contribution is -0.126. The Hall–Kier alpha value is -1.89. The molecule has 2 aromatic heterocycles. The zero-order chi connectivity index (χ0) is 20.0. The summed E-state index contributed by atoms with van der Waals surface area (Å²) in [6.07, 6.45) is 11.2. The van der Waals surface area contributed by atoms with E-state index in [9.17, 15) is 4.79 Å². The quantitative estimate of drug-likeness (QED) is 0.729. The Kier molecular flexibility index (Phi) is 4.88. The molecular formula is C22H29N5OS. The van der Waals surface area contributed by atoms with Crippen LogP contribution in [0.25, 0.3) is 11.4 Å². The van der Waals surface area contributed by atoms with E-state index in [-0.39, 0.29) is 16.7 Å². The second-order valence-electron chi connectivity index (χ2n) is 9.23. The van der Waals surface area contributed by atoms with Crippen molar-refractivity contribution in [1.82, 2.24) is 25.1 Å². The molecule has 6 nitrogen and oxygen atoms in total. The Labute approximate surface area is 176 Å². The molecule has 0 radical (unpaired) electrons. The zero-order valence-electron chi connectivity index (χ0n) is 17.2. The van der Waals surface area contributed by atoms with Gasteiger partial charge in [-0.3, -0.25) is 9.78 Å². The maximum atomic E-state index is 13.1. The van der Waals surface area contributed by atoms with Crippen molar-refractivity contribution in [2.75, 3.05) is 0 Å². The standard InChI is InChI=1S/C22H29N5OS/c1-3-27-19(18-4-6-23-7-5-18)25-26-21(27)29-14(2)20(28)24-22-11-15-8-16(12-22)10-17(9-15)13-22/h4-7,14-17H,3,8-13H2,1-2H3,(H,24,28). The molecule has 4 aliphatic rings. The molecule has 4 fully saturated rings. The van der Waals surface area contributed by atoms with E-state index in [2.05, 4.69) is 32.0 Å². The van der Waals surface area contributed by atoms with Gasteiger partial charge in [0.25, 0.3) is 0 Å². The van der Waals surface area contributed by atoms with Crippen LogP contribution in [0.1, 0.15) is 52.4 Å². The first-order valence-corrected chi connectivity index (χ1v) is 11.8. The van der Waals surface area contributed by atoms with Crippen molar-refractivity contribution >= 4 is 17.7 Å². The molecule has 4 bridgehead atoms. The normalized spacial score (nSPS) is 31.0. The predicted octanol–water partition coefficient (Wildman–Crippen LogP) is 3.93. The number of thioether (sulfide) groups is 1. The molecule has 1 atom stereocenters. The minimum Gasteiger partial charge on any atom is -0.350 e. The highest BCUT2D eigenvalue weighted by atomic mass is 32.2. The van der Waals surface area contributed by atoms with Crippen LogP contribution in [0.5, 0.6) is 0 Å². The molecule has 1 N–H and O–H groups in total. The smallest absolute Gasteiger partial charge is 0.233 e. The Bertz CT molecular complexity index is 861. The van der Waals surface area contributed by atoms with Crippen molar-refractivity contribution < 1.29 is 4.79 Å². The summed E-state index contributed by atoms with van der Waals surface area (Å²) in [6.45, 7) is 4.83. The van der Waals surface area contributed by atoms with E-state index in [0.29, 0.717) is 0 Å². The average Bonchev–Trinajstić information content (AvgIpc) is 3.09. The highest BCUT2D eigenvalue weighted by Crippen LogP contribution is 2.55. The summed E-state index contributed by atoms with van der Waals surface area (Å²) in [7, 11) is 0. The van der Waals surface area contributed by atoms with Gasteiger partial charge in [-0.25, -0.2) is 0 Å². The molecule has 1 amide bonds. The van der Waals surface area contributed by atoms with E-state index >= 15 is 0 Å². The van der Waals surface area contributed by atoms with E-state index in [1.54, 1.807) is 12.4 Å². The van der Waals surface area contributed by atoms with E-state index in [4.69, 9.17) is 0 Å². The fourth-order valence-corrected chi connectivity index (χ4v) is 7.13. The number of pyridine rings is 1. The summed E-state index contributed by atoms with van der Waals surface area (Å²) in [6, 6.07) is 3.88. The summed E-state index contributed by atoms with van der Waals surface area (Å²) in [5, 5.41) is 12.9. The largest absolute Gasteiger partial charge is 0.350 e. The first-order chi connectivity index (χ1) is 14.0. The number of hydrogen-bond donors (Lipinski definition) is 1. The summed E-state index contributed by atoms with van der Waals surface area (Å²) < 4.78 is 2.08. The third-order valence-corrected chi connectivity index (χ3v) is 8.13. The molecule has 4 aliphatic carbocycles. The highest BCUT2D eigenvalue weighted by molar-refractivity contribution is 8.00. The molecule has 2 heterocycles. The Morgan fingerprint density at radius 1 is 1.17 bits per heavy atom. The number of carbonyl (C=O) groups is 1. The number of hydrogen-bond acceptors (Lipinski definition) is 5. The van der Waals surface area contributed by atoms with Gasteiger partial charge in [-0.05, 0) is 82.3 Å². The minimum absolute atomic E-state index is 0.0568. The van der Waals surface area contributed by atoms with Gasteiger partial charge in [-0.1, -0.05) is 11.8 Å². The van der Waals surface area contributed by atoms with Gasteiger partial charge >= 0.3 is 0 Å². The lowest BCUT2D eigenvalue weighted by atomic mass is 9.53. The second kappa shape index (κ2) is 7.42. The topological polar surface area (TPSA) is 72.7 Å². The van der Waals surface area contributed by atoms with Crippen molar-refractivity contribution in [3.8, 4) is 11.4 Å². The molecule has 0 saturated heterocycles. The predicted molar refractivity (Wildman–Crippen MR) is 113 cm³/mol. The summed E-state index contributed by atoms with van der Waals surface area (Å²) in [5.41, 5.74) is 1.05. The Balaban J connectivity index is 1.29. The minimum atomic E-state index is -0.192. The number of aromatic nitrogens is 4. The van der Waals surface area contributed by atoms with Crippen LogP contribution in [0, 0.1) is 17.8 Å². The summed E-state index contributed by atoms with van der Waals surface area (Å²) in [4.78, 5) is 17.2. The number of nitrogens with zero attached hydrogens (tertiary/aromatic N) is 4. The maximum Gasteiger partial charge on any atom is 0.233 e. The van der Waals surface area contributed by atoms with Crippen molar-refractivity contribution in [1.29, 1.82) is 0 Å². The average molecular weight is 412 g/mol. The number of amides is 1. The molecular weight excluding hydrogens is 382 g/mol. The van der Waals surface area contributed by atoms with Crippen molar-refractivity contribution in [2.45, 2.75) is 74.9 Å². The maximum absolute atomic E-state index is 13.1. The van der Waals surface area contributed by atoms with Gasteiger partial charge < -0.3 is 9.88 Å². The molecule has 0 aliphatic heterocycles. The van der Waals surface area contributed by atoms with Crippen LogP contribution < -0.4 is 5.32 Å². The highest BCUT2D eigenvalue weighted by Gasteiger charge is 2.51. The van der Waals surface area contributed by atoms with Gasteiger partial charge in [-0.15, -0.1) is 10.2 Å². The van der Waals surface area contributed by atoms with Crippen LogP contribution in [0.3, 0.4) is 0 Å². The van der Waals surface area contributed by atoms with Gasteiger partial charge in [-0.2, -0.15) is 0 Å². The molecule has 154 valence electrons. The SMILES string of the molecule is CCn1c(SC(C)C(=O)NC23CC4CC(CC(C4)C2)C3)nnc1-c1ccncc1. The third kappa shape index (κ3) is 3.58. The van der Waals surface area contributed by atoms with Gasteiger partial charge in [0.05, 0.1) is 5.25 Å². The lowest BCUT2D eigenvalue weighted by Crippen LogP contribution is -2.60. The Morgan fingerprint density at radius 3 is 2.38 bits per heavy atom. The van der Waals surface area contributed by atoms with Crippen LogP contribution in [-0.2, 0) is 11.3 Å². The molecule has 1 unspecified atom stereocenters. The van der Waals surface area contributed by atoms with Crippen molar-refractivity contribution in [3.63, 3.8) is 0 Å². The second-order valence-corrected chi connectivity index (χ2v) is 10.5. The first-order valence-electron chi connectivity index (χ1n) is 10.9. The first kappa shape index (κ1) is 19.1. The Morgan fingerprint density at radius 2 is 1.79 bits per heavy atom. The lowest BCUT2D eigenvalue weighted by Gasteiger charge is -2.57. The fourth-order valence-electron chi connectivity index (χ4n) is 6.21. The number of rotatable bonds is 6. The van der Waals surface area contributed by atoms with Crippen LogP contribution >= 0.6 is 11.8 Å². The van der Waals surface area contributed by atoms with Crippen LogP contribution in [0.4, 0.5) is 0 Å². The molecule has 7 heteroatoms. The molecule has 0 spiro atoms. The van der Waals surface area contributed by atoms with Crippen LogP contribution in [0.15, 0.2) is 29.7 Å². The van der Waals surface area contributed by atoms with E-state index in [0.717, 1.165) is 40.8 Å². The molecule has 4 saturated carbocycles. The summed E-state index contributed by atoms with van der Waals surface area (Å²) in [5.74, 6) is 3.46. The molecule has 2 aromatic rings. The van der Waals surface area contributed by atoms with Gasteiger partial charge in [0.2, 0.25) is 5.91 Å². The third-order valence-electron chi connectivity index (χ3n) is 7.05. The van der Waals surface area contributed by atoms with Gasteiger partial charge in [0, 0.05) is 30.0 Å². The fraction of sp³-hybridized carbons (Fsp3) is 0.636. The molecule has 6 rings (SSSR count). The van der Waals surface area contributed by atoms with Crippen LogP contribution in [-0.4, -0.2) is 36.4 Å². The monoisotopic (exact) mass is 411 g/mol. The van der Waals surface area contributed by atoms with Crippen LogP contribution in [0.2, 0.25) is 0 Å². The van der Waals surface area contributed by atoms with E-state index < -0.39 is 0 Å². The van der Waals surface area contributed by atoms with Gasteiger partial charge in [0.1, 0.15) is 0 Å². The van der Waals surface area contributed by atoms with Crippen molar-refractivity contribution in [2.24, 2.45) is 17.8 Å². The van der Waals surface area contributed by atoms with E-state index in [1.807, 2.05) is 19.1 Å². The van der Waals surface area contributed by atoms with E-state index in [1.165, 1.54) is 50.3 Å². The number of carbonyl (C=O) groups excluding carboxylic acids is 1.